The van der Waals surface area contributed by atoms with Crippen LogP contribution in [0.15, 0.2) is 53.1 Å². The molecule has 0 aliphatic heterocycles. The number of rotatable bonds is 3. The third-order valence-corrected chi connectivity index (χ3v) is 4.34. The number of halogens is 1. The molecule has 1 N–H and O–H groups in total. The van der Waals surface area contributed by atoms with E-state index in [0.717, 1.165) is 21.9 Å². The summed E-state index contributed by atoms with van der Waals surface area (Å²) in [5, 5.41) is 4.66. The van der Waals surface area contributed by atoms with Crippen LogP contribution < -0.4 is 5.32 Å². The fourth-order valence-electron chi connectivity index (χ4n) is 2.54. The summed E-state index contributed by atoms with van der Waals surface area (Å²) in [6, 6.07) is 14.7. The number of nitrogens with zero attached hydrogens (tertiary/aromatic N) is 1. The van der Waals surface area contributed by atoms with Gasteiger partial charge in [0.15, 0.2) is 0 Å². The molecule has 21 heavy (non-hydrogen) atoms. The molecule has 0 saturated heterocycles. The summed E-state index contributed by atoms with van der Waals surface area (Å²) >= 11 is 3.59. The van der Waals surface area contributed by atoms with Gasteiger partial charge in [0.1, 0.15) is 0 Å². The highest BCUT2D eigenvalue weighted by Crippen LogP contribution is 2.26. The van der Waals surface area contributed by atoms with E-state index in [2.05, 4.69) is 76.5 Å². The van der Waals surface area contributed by atoms with Crippen LogP contribution in [0.5, 0.6) is 0 Å². The summed E-state index contributed by atoms with van der Waals surface area (Å²) in [6.07, 6.45) is 1.84. The molecule has 1 heterocycles. The molecule has 0 spiro atoms. The third kappa shape index (κ3) is 2.93. The minimum absolute atomic E-state index is 0.769. The van der Waals surface area contributed by atoms with Gasteiger partial charge < -0.3 is 5.32 Å². The summed E-state index contributed by atoms with van der Waals surface area (Å²) in [4.78, 5) is 4.52. The normalized spacial score (nSPS) is 10.8. The van der Waals surface area contributed by atoms with Crippen molar-refractivity contribution in [2.45, 2.75) is 20.4 Å². The molecule has 0 fully saturated rings. The molecule has 0 unspecified atom stereocenters. The van der Waals surface area contributed by atoms with Crippen LogP contribution in [-0.2, 0) is 6.54 Å². The Morgan fingerprint density at radius 3 is 2.76 bits per heavy atom. The first kappa shape index (κ1) is 14.1. The monoisotopic (exact) mass is 340 g/mol. The lowest BCUT2D eigenvalue weighted by atomic mass is 10.1. The van der Waals surface area contributed by atoms with Crippen molar-refractivity contribution in [1.29, 1.82) is 0 Å². The molecule has 0 amide bonds. The lowest BCUT2D eigenvalue weighted by Crippen LogP contribution is -2.02. The van der Waals surface area contributed by atoms with E-state index in [0.29, 0.717) is 0 Å². The zero-order valence-electron chi connectivity index (χ0n) is 12.2. The molecular formula is C18H17BrN2. The van der Waals surface area contributed by atoms with Crippen molar-refractivity contribution in [1.82, 2.24) is 4.98 Å². The lowest BCUT2D eigenvalue weighted by molar-refractivity contribution is 1.14. The molecule has 3 aromatic rings. The first-order chi connectivity index (χ1) is 10.1. The molecule has 0 aliphatic rings. The summed E-state index contributed by atoms with van der Waals surface area (Å²) in [7, 11) is 0. The van der Waals surface area contributed by atoms with Crippen molar-refractivity contribution in [3.63, 3.8) is 0 Å². The van der Waals surface area contributed by atoms with Crippen molar-refractivity contribution in [2.24, 2.45) is 0 Å². The largest absolute Gasteiger partial charge is 0.381 e. The predicted molar refractivity (Wildman–Crippen MR) is 92.7 cm³/mol. The van der Waals surface area contributed by atoms with Crippen LogP contribution >= 0.6 is 15.9 Å². The van der Waals surface area contributed by atoms with E-state index >= 15 is 0 Å². The Bertz CT molecular complexity index is 796. The van der Waals surface area contributed by atoms with Crippen LogP contribution in [-0.4, -0.2) is 4.98 Å². The highest BCUT2D eigenvalue weighted by molar-refractivity contribution is 9.10. The molecule has 0 bridgehead atoms. The van der Waals surface area contributed by atoms with Gasteiger partial charge >= 0.3 is 0 Å². The van der Waals surface area contributed by atoms with Crippen molar-refractivity contribution in [2.75, 3.05) is 5.32 Å². The van der Waals surface area contributed by atoms with E-state index in [1.807, 2.05) is 12.3 Å². The van der Waals surface area contributed by atoms with E-state index in [4.69, 9.17) is 0 Å². The fourth-order valence-corrected chi connectivity index (χ4v) is 2.99. The molecule has 106 valence electrons. The van der Waals surface area contributed by atoms with Crippen LogP contribution in [0.2, 0.25) is 0 Å². The van der Waals surface area contributed by atoms with Gasteiger partial charge in [-0.3, -0.25) is 4.98 Å². The van der Waals surface area contributed by atoms with E-state index < -0.39 is 0 Å². The Balaban J connectivity index is 1.90. The SMILES string of the molecule is Cc1ccc(NCc2ccc(Br)c3cccnc23)c(C)c1. The first-order valence-electron chi connectivity index (χ1n) is 6.98. The smallest absolute Gasteiger partial charge is 0.0763 e. The van der Waals surface area contributed by atoms with Crippen LogP contribution in [0.3, 0.4) is 0 Å². The number of hydrogen-bond donors (Lipinski definition) is 1. The Morgan fingerprint density at radius 2 is 1.95 bits per heavy atom. The molecule has 3 rings (SSSR count). The van der Waals surface area contributed by atoms with E-state index in [-0.39, 0.29) is 0 Å². The summed E-state index contributed by atoms with van der Waals surface area (Å²) < 4.78 is 1.08. The van der Waals surface area contributed by atoms with Gasteiger partial charge in [0, 0.05) is 28.3 Å². The standard InChI is InChI=1S/C18H17BrN2/c1-12-5-8-17(13(2)10-12)21-11-14-6-7-16(19)15-4-3-9-20-18(14)15/h3-10,21H,11H2,1-2H3. The van der Waals surface area contributed by atoms with Crippen molar-refractivity contribution >= 4 is 32.5 Å². The maximum Gasteiger partial charge on any atom is 0.0763 e. The van der Waals surface area contributed by atoms with Crippen molar-refractivity contribution in [3.8, 4) is 0 Å². The predicted octanol–water partition coefficient (Wildman–Crippen LogP) is 5.23. The maximum absolute atomic E-state index is 4.52. The topological polar surface area (TPSA) is 24.9 Å². The van der Waals surface area contributed by atoms with Crippen LogP contribution in [0.4, 0.5) is 5.69 Å². The molecule has 3 heteroatoms. The Morgan fingerprint density at radius 1 is 1.10 bits per heavy atom. The molecular weight excluding hydrogens is 324 g/mol. The number of hydrogen-bond acceptors (Lipinski definition) is 2. The minimum Gasteiger partial charge on any atom is -0.381 e. The number of benzene rings is 2. The number of aryl methyl sites for hydroxylation is 2. The molecule has 2 aromatic carbocycles. The number of aromatic nitrogens is 1. The first-order valence-corrected chi connectivity index (χ1v) is 7.77. The second kappa shape index (κ2) is 5.86. The fraction of sp³-hybridized carbons (Fsp3) is 0.167. The van der Waals surface area contributed by atoms with Crippen LogP contribution in [0.25, 0.3) is 10.9 Å². The Kier molecular flexibility index (Phi) is 3.93. The summed E-state index contributed by atoms with van der Waals surface area (Å²) in [6.45, 7) is 5.01. The van der Waals surface area contributed by atoms with Crippen molar-refractivity contribution in [3.05, 3.63) is 69.8 Å². The van der Waals surface area contributed by atoms with Crippen LogP contribution in [0.1, 0.15) is 16.7 Å². The second-order valence-corrected chi connectivity index (χ2v) is 6.13. The average Bonchev–Trinajstić information content (AvgIpc) is 2.48. The second-order valence-electron chi connectivity index (χ2n) is 5.28. The number of nitrogens with one attached hydrogen (secondary N) is 1. The van der Waals surface area contributed by atoms with Crippen LogP contribution in [0, 0.1) is 13.8 Å². The van der Waals surface area contributed by atoms with Gasteiger partial charge in [0.2, 0.25) is 0 Å². The highest BCUT2D eigenvalue weighted by atomic mass is 79.9. The molecule has 0 saturated carbocycles. The van der Waals surface area contributed by atoms with E-state index in [1.54, 1.807) is 0 Å². The van der Waals surface area contributed by atoms with Gasteiger partial charge in [0.05, 0.1) is 5.52 Å². The van der Waals surface area contributed by atoms with Gasteiger partial charge in [-0.15, -0.1) is 0 Å². The molecule has 2 nitrogen and oxygen atoms in total. The maximum atomic E-state index is 4.52. The van der Waals surface area contributed by atoms with Crippen molar-refractivity contribution < 1.29 is 0 Å². The van der Waals surface area contributed by atoms with E-state index in [1.165, 1.54) is 22.4 Å². The van der Waals surface area contributed by atoms with Gasteiger partial charge in [-0.25, -0.2) is 0 Å². The van der Waals surface area contributed by atoms with Gasteiger partial charge in [-0.2, -0.15) is 0 Å². The van der Waals surface area contributed by atoms with Gasteiger partial charge in [0.25, 0.3) is 0 Å². The summed E-state index contributed by atoms with van der Waals surface area (Å²) in [5.74, 6) is 0. The van der Waals surface area contributed by atoms with Gasteiger partial charge in [-0.1, -0.05) is 45.8 Å². The Labute approximate surface area is 133 Å². The minimum atomic E-state index is 0.769. The average molecular weight is 341 g/mol. The molecule has 0 atom stereocenters. The van der Waals surface area contributed by atoms with Gasteiger partial charge in [-0.05, 0) is 43.2 Å². The zero-order chi connectivity index (χ0) is 14.8. The third-order valence-electron chi connectivity index (χ3n) is 3.65. The highest BCUT2D eigenvalue weighted by Gasteiger charge is 2.06. The molecule has 1 aromatic heterocycles. The molecule has 0 radical (unpaired) electrons. The number of anilines is 1. The molecule has 0 aliphatic carbocycles. The Hall–Kier alpha value is -1.87. The summed E-state index contributed by atoms with van der Waals surface area (Å²) in [5.41, 5.74) is 5.98. The number of fused-ring (bicyclic) bond motifs is 1. The quantitative estimate of drug-likeness (QED) is 0.706. The lowest BCUT2D eigenvalue weighted by Gasteiger charge is -2.12. The number of pyridine rings is 1. The zero-order valence-corrected chi connectivity index (χ0v) is 13.7. The van der Waals surface area contributed by atoms with E-state index in [9.17, 15) is 0 Å².